The fraction of sp³-hybridized carbons (Fsp3) is 0.679. The summed E-state index contributed by atoms with van der Waals surface area (Å²) in [6, 6.07) is 3.89. The maximum absolute atomic E-state index is 11.5. The van der Waals surface area contributed by atoms with Gasteiger partial charge in [-0.05, 0) is 104 Å². The molecule has 0 spiro atoms. The predicted molar refractivity (Wildman–Crippen MR) is 125 cm³/mol. The van der Waals surface area contributed by atoms with E-state index < -0.39 is 0 Å². The monoisotopic (exact) mass is 424 g/mol. The average Bonchev–Trinajstić information content (AvgIpc) is 3.12. The summed E-state index contributed by atoms with van der Waals surface area (Å²) >= 11 is 0. The van der Waals surface area contributed by atoms with Crippen LogP contribution in [-0.4, -0.2) is 11.1 Å². The van der Waals surface area contributed by atoms with Crippen LogP contribution >= 0.6 is 0 Å². The van der Waals surface area contributed by atoms with E-state index in [1.165, 1.54) is 82.3 Å². The molecule has 1 aromatic rings. The van der Waals surface area contributed by atoms with Gasteiger partial charge >= 0.3 is 5.97 Å². The second-order valence-electron chi connectivity index (χ2n) is 10.7. The molecule has 3 aliphatic carbocycles. The number of rotatable bonds is 8. The van der Waals surface area contributed by atoms with Crippen LogP contribution in [0.25, 0.3) is 0 Å². The summed E-state index contributed by atoms with van der Waals surface area (Å²) in [7, 11) is 0. The number of carbonyl (C=O) groups excluding carboxylic acids is 1. The first kappa shape index (κ1) is 22.4. The van der Waals surface area contributed by atoms with Crippen LogP contribution in [0.4, 0.5) is 0 Å². The van der Waals surface area contributed by atoms with E-state index in [9.17, 15) is 9.90 Å². The summed E-state index contributed by atoms with van der Waals surface area (Å²) in [4.78, 5) is 11.5. The van der Waals surface area contributed by atoms with E-state index in [0.29, 0.717) is 23.0 Å². The Hall–Kier alpha value is -1.77. The predicted octanol–water partition coefficient (Wildman–Crippen LogP) is 7.32. The van der Waals surface area contributed by atoms with Crippen LogP contribution in [-0.2, 0) is 11.2 Å². The second-order valence-corrected chi connectivity index (χ2v) is 10.7. The lowest BCUT2D eigenvalue weighted by Crippen LogP contribution is -2.44. The molecule has 3 heteroatoms. The first-order valence-corrected chi connectivity index (χ1v) is 12.6. The minimum Gasteiger partial charge on any atom is -0.504 e. The minimum atomic E-state index is -0.371. The molecule has 5 atom stereocenters. The van der Waals surface area contributed by atoms with Gasteiger partial charge in [0.25, 0.3) is 0 Å². The zero-order chi connectivity index (χ0) is 22.0. The minimum absolute atomic E-state index is 0.108. The normalized spacial score (nSPS) is 31.4. The Morgan fingerprint density at radius 1 is 1.23 bits per heavy atom. The third kappa shape index (κ3) is 4.56. The quantitative estimate of drug-likeness (QED) is 0.206. The van der Waals surface area contributed by atoms with Crippen LogP contribution in [0, 0.1) is 23.2 Å². The molecule has 0 amide bonds. The number of hydrogen-bond donors (Lipinski definition) is 1. The van der Waals surface area contributed by atoms with Crippen LogP contribution in [0.2, 0.25) is 0 Å². The average molecular weight is 425 g/mol. The molecule has 0 aliphatic heterocycles. The van der Waals surface area contributed by atoms with Crippen molar-refractivity contribution in [3.8, 4) is 11.5 Å². The number of allylic oxidation sites excluding steroid dienone is 1. The lowest BCUT2D eigenvalue weighted by atomic mass is 9.52. The van der Waals surface area contributed by atoms with Crippen LogP contribution in [0.3, 0.4) is 0 Å². The number of aromatic hydroxyl groups is 1. The second kappa shape index (κ2) is 9.38. The summed E-state index contributed by atoms with van der Waals surface area (Å²) in [5.74, 6) is 2.87. The molecule has 31 heavy (non-hydrogen) atoms. The molecule has 1 N–H and O–H groups in total. The van der Waals surface area contributed by atoms with Gasteiger partial charge in [-0.2, -0.15) is 0 Å². The Balaban J connectivity index is 1.58. The zero-order valence-corrected chi connectivity index (χ0v) is 19.5. The molecule has 0 heterocycles. The Morgan fingerprint density at radius 2 is 2.03 bits per heavy atom. The summed E-state index contributed by atoms with van der Waals surface area (Å²) in [6.07, 6.45) is 17.4. The number of esters is 1. The SMILES string of the molecule is C=CCCCCCC[C@@H]1Cc2cc(O)c(OC(C)=O)cc2[C@H]2CC[C@]3(C)CCC[C@H]3[C@H]12. The molecular formula is C28H40O3. The number of hydrogen-bond acceptors (Lipinski definition) is 3. The summed E-state index contributed by atoms with van der Waals surface area (Å²) in [5.41, 5.74) is 3.14. The maximum Gasteiger partial charge on any atom is 0.308 e. The van der Waals surface area contributed by atoms with Crippen molar-refractivity contribution >= 4 is 5.97 Å². The molecule has 0 unspecified atom stereocenters. The summed E-state index contributed by atoms with van der Waals surface area (Å²) < 4.78 is 5.34. The van der Waals surface area contributed by atoms with Gasteiger partial charge < -0.3 is 9.84 Å². The highest BCUT2D eigenvalue weighted by Gasteiger charge is 2.53. The largest absolute Gasteiger partial charge is 0.504 e. The highest BCUT2D eigenvalue weighted by atomic mass is 16.5. The van der Waals surface area contributed by atoms with E-state index in [0.717, 1.165) is 24.7 Å². The molecule has 0 bridgehead atoms. The molecule has 2 fully saturated rings. The third-order valence-corrected chi connectivity index (χ3v) is 8.75. The van der Waals surface area contributed by atoms with Gasteiger partial charge in [0.05, 0.1) is 0 Å². The van der Waals surface area contributed by atoms with Gasteiger partial charge in [0.1, 0.15) is 0 Å². The van der Waals surface area contributed by atoms with Crippen LogP contribution < -0.4 is 4.74 Å². The van der Waals surface area contributed by atoms with E-state index in [2.05, 4.69) is 13.5 Å². The molecular weight excluding hydrogens is 384 g/mol. The molecule has 2 saturated carbocycles. The van der Waals surface area contributed by atoms with Crippen LogP contribution in [0.5, 0.6) is 11.5 Å². The van der Waals surface area contributed by atoms with Crippen molar-refractivity contribution in [2.45, 2.75) is 96.8 Å². The van der Waals surface area contributed by atoms with Gasteiger partial charge in [-0.3, -0.25) is 4.79 Å². The van der Waals surface area contributed by atoms with Crippen molar-refractivity contribution in [2.24, 2.45) is 23.2 Å². The highest BCUT2D eigenvalue weighted by Crippen LogP contribution is 2.63. The number of phenols is 1. The van der Waals surface area contributed by atoms with Gasteiger partial charge in [0.15, 0.2) is 11.5 Å². The lowest BCUT2D eigenvalue weighted by Gasteiger charge is -2.52. The smallest absolute Gasteiger partial charge is 0.308 e. The van der Waals surface area contributed by atoms with E-state index in [4.69, 9.17) is 4.74 Å². The number of ether oxygens (including phenoxy) is 1. The summed E-state index contributed by atoms with van der Waals surface area (Å²) in [5, 5.41) is 10.5. The van der Waals surface area contributed by atoms with Gasteiger partial charge in [0.2, 0.25) is 0 Å². The van der Waals surface area contributed by atoms with Crippen LogP contribution in [0.1, 0.15) is 102 Å². The zero-order valence-electron chi connectivity index (χ0n) is 19.5. The van der Waals surface area contributed by atoms with Crippen molar-refractivity contribution in [1.82, 2.24) is 0 Å². The van der Waals surface area contributed by atoms with E-state index in [1.807, 2.05) is 18.2 Å². The van der Waals surface area contributed by atoms with Gasteiger partial charge in [-0.15, -0.1) is 6.58 Å². The Kier molecular flexibility index (Phi) is 6.79. The van der Waals surface area contributed by atoms with Crippen LogP contribution in [0.15, 0.2) is 24.8 Å². The Bertz CT molecular complexity index is 813. The van der Waals surface area contributed by atoms with Gasteiger partial charge in [-0.1, -0.05) is 38.7 Å². The molecule has 0 radical (unpaired) electrons. The van der Waals surface area contributed by atoms with Gasteiger partial charge in [-0.25, -0.2) is 0 Å². The number of phenolic OH excluding ortho intramolecular Hbond substituents is 1. The summed E-state index contributed by atoms with van der Waals surface area (Å²) in [6.45, 7) is 7.78. The Labute approximate surface area is 188 Å². The first-order chi connectivity index (χ1) is 14.9. The number of benzene rings is 1. The molecule has 0 saturated heterocycles. The van der Waals surface area contributed by atoms with Crippen molar-refractivity contribution < 1.29 is 14.6 Å². The van der Waals surface area contributed by atoms with Crippen molar-refractivity contribution in [3.63, 3.8) is 0 Å². The molecule has 170 valence electrons. The third-order valence-electron chi connectivity index (χ3n) is 8.75. The molecule has 3 aliphatic rings. The number of fused-ring (bicyclic) bond motifs is 5. The standard InChI is InChI=1S/C28H40O3/c1-4-5-6-7-8-9-11-20-16-21-17-25(30)26(31-19(2)29)18-23(21)22-13-15-28(3)14-10-12-24(28)27(20)22/h4,17-18,20,22,24,27,30H,1,5-16H2,2-3H3/t20-,22-,24+,27-,28+/m1/s1. The lowest BCUT2D eigenvalue weighted by molar-refractivity contribution is -0.132. The molecule has 1 aromatic carbocycles. The fourth-order valence-corrected chi connectivity index (χ4v) is 7.35. The van der Waals surface area contributed by atoms with E-state index >= 15 is 0 Å². The topological polar surface area (TPSA) is 46.5 Å². The van der Waals surface area contributed by atoms with E-state index in [1.54, 1.807) is 0 Å². The molecule has 3 nitrogen and oxygen atoms in total. The van der Waals surface area contributed by atoms with Gasteiger partial charge in [0, 0.05) is 6.92 Å². The number of carbonyl (C=O) groups is 1. The maximum atomic E-state index is 11.5. The number of unbranched alkanes of at least 4 members (excludes halogenated alkanes) is 4. The molecule has 4 rings (SSSR count). The first-order valence-electron chi connectivity index (χ1n) is 12.6. The van der Waals surface area contributed by atoms with Crippen molar-refractivity contribution in [2.75, 3.05) is 0 Å². The fourth-order valence-electron chi connectivity index (χ4n) is 7.35. The van der Waals surface area contributed by atoms with Crippen molar-refractivity contribution in [1.29, 1.82) is 0 Å². The van der Waals surface area contributed by atoms with Crippen molar-refractivity contribution in [3.05, 3.63) is 35.9 Å². The Morgan fingerprint density at radius 3 is 2.81 bits per heavy atom. The highest BCUT2D eigenvalue weighted by molar-refractivity contribution is 5.70. The van der Waals surface area contributed by atoms with E-state index in [-0.39, 0.29) is 11.7 Å². The molecule has 0 aromatic heterocycles.